The zero-order valence-electron chi connectivity index (χ0n) is 9.50. The Bertz CT molecular complexity index is 477. The van der Waals surface area contributed by atoms with E-state index in [2.05, 4.69) is 6.07 Å². The van der Waals surface area contributed by atoms with E-state index in [9.17, 15) is 0 Å². The zero-order valence-corrected chi connectivity index (χ0v) is 9.50. The SMILES string of the molecule is Cc1oc2ccccc2c1CC(C)(C)N. The van der Waals surface area contributed by atoms with Gasteiger partial charge in [-0.3, -0.25) is 0 Å². The summed E-state index contributed by atoms with van der Waals surface area (Å²) in [5.41, 5.74) is 8.04. The molecule has 0 atom stereocenters. The molecule has 0 aliphatic rings. The standard InChI is InChI=1S/C13H17NO/c1-9-11(8-13(2,3)14)10-6-4-5-7-12(10)15-9/h4-7H,8,14H2,1-3H3. The second-order valence-electron chi connectivity index (χ2n) is 4.80. The number of rotatable bonds is 2. The van der Waals surface area contributed by atoms with E-state index in [-0.39, 0.29) is 5.54 Å². The first kappa shape index (κ1) is 10.2. The zero-order chi connectivity index (χ0) is 11.1. The second kappa shape index (κ2) is 3.38. The Kier molecular flexibility index (Phi) is 2.31. The van der Waals surface area contributed by atoms with Gasteiger partial charge in [0.15, 0.2) is 0 Å². The fraction of sp³-hybridized carbons (Fsp3) is 0.385. The highest BCUT2D eigenvalue weighted by Crippen LogP contribution is 2.27. The van der Waals surface area contributed by atoms with Gasteiger partial charge in [-0.05, 0) is 33.3 Å². The fourth-order valence-corrected chi connectivity index (χ4v) is 1.90. The maximum absolute atomic E-state index is 6.04. The van der Waals surface area contributed by atoms with Crippen molar-refractivity contribution < 1.29 is 4.42 Å². The molecule has 15 heavy (non-hydrogen) atoms. The number of nitrogens with two attached hydrogens (primary N) is 1. The van der Waals surface area contributed by atoms with E-state index in [1.54, 1.807) is 0 Å². The van der Waals surface area contributed by atoms with Gasteiger partial charge in [-0.15, -0.1) is 0 Å². The third-order valence-electron chi connectivity index (χ3n) is 2.53. The van der Waals surface area contributed by atoms with Crippen molar-refractivity contribution in [2.75, 3.05) is 0 Å². The molecule has 1 aromatic heterocycles. The summed E-state index contributed by atoms with van der Waals surface area (Å²) >= 11 is 0. The highest BCUT2D eigenvalue weighted by atomic mass is 16.3. The van der Waals surface area contributed by atoms with Crippen LogP contribution in [0.15, 0.2) is 28.7 Å². The van der Waals surface area contributed by atoms with Gasteiger partial charge < -0.3 is 10.2 Å². The number of hydrogen-bond donors (Lipinski definition) is 1. The van der Waals surface area contributed by atoms with E-state index in [4.69, 9.17) is 10.2 Å². The Hall–Kier alpha value is -1.28. The lowest BCUT2D eigenvalue weighted by Gasteiger charge is -2.17. The van der Waals surface area contributed by atoms with E-state index in [1.807, 2.05) is 39.0 Å². The molecule has 0 radical (unpaired) electrons. The van der Waals surface area contributed by atoms with Crippen molar-refractivity contribution in [1.29, 1.82) is 0 Å². The van der Waals surface area contributed by atoms with Crippen LogP contribution >= 0.6 is 0 Å². The molecule has 2 heteroatoms. The number of para-hydroxylation sites is 1. The van der Waals surface area contributed by atoms with Crippen molar-refractivity contribution in [3.05, 3.63) is 35.6 Å². The Morgan fingerprint density at radius 2 is 1.93 bits per heavy atom. The van der Waals surface area contributed by atoms with Crippen LogP contribution in [0.25, 0.3) is 11.0 Å². The summed E-state index contributed by atoms with van der Waals surface area (Å²) in [6, 6.07) is 8.11. The summed E-state index contributed by atoms with van der Waals surface area (Å²) in [5.74, 6) is 0.981. The molecule has 0 saturated heterocycles. The summed E-state index contributed by atoms with van der Waals surface area (Å²) in [5, 5.41) is 1.19. The van der Waals surface area contributed by atoms with Crippen LogP contribution in [-0.2, 0) is 6.42 Å². The Morgan fingerprint density at radius 3 is 2.60 bits per heavy atom. The largest absolute Gasteiger partial charge is 0.461 e. The topological polar surface area (TPSA) is 39.2 Å². The highest BCUT2D eigenvalue weighted by Gasteiger charge is 2.18. The predicted octanol–water partition coefficient (Wildman–Crippen LogP) is 3.02. The second-order valence-corrected chi connectivity index (χ2v) is 4.80. The molecule has 2 aromatic rings. The van der Waals surface area contributed by atoms with Gasteiger partial charge in [-0.2, -0.15) is 0 Å². The van der Waals surface area contributed by atoms with Gasteiger partial charge in [-0.1, -0.05) is 18.2 Å². The molecule has 2 rings (SSSR count). The molecule has 0 aliphatic heterocycles. The molecule has 0 aliphatic carbocycles. The predicted molar refractivity (Wildman–Crippen MR) is 62.9 cm³/mol. The van der Waals surface area contributed by atoms with E-state index in [0.717, 1.165) is 17.8 Å². The first-order valence-electron chi connectivity index (χ1n) is 5.23. The summed E-state index contributed by atoms with van der Waals surface area (Å²) in [6.07, 6.45) is 0.843. The molecule has 0 amide bonds. The molecule has 0 unspecified atom stereocenters. The van der Waals surface area contributed by atoms with Gasteiger partial charge in [0.1, 0.15) is 11.3 Å². The minimum atomic E-state index is -0.197. The van der Waals surface area contributed by atoms with Crippen molar-refractivity contribution in [2.45, 2.75) is 32.7 Å². The quantitative estimate of drug-likeness (QED) is 0.814. The molecule has 80 valence electrons. The molecule has 0 spiro atoms. The number of aryl methyl sites for hydroxylation is 1. The van der Waals surface area contributed by atoms with E-state index in [1.165, 1.54) is 10.9 Å². The van der Waals surface area contributed by atoms with E-state index in [0.29, 0.717) is 0 Å². The van der Waals surface area contributed by atoms with Crippen molar-refractivity contribution in [3.63, 3.8) is 0 Å². The summed E-state index contributed by atoms with van der Waals surface area (Å²) < 4.78 is 5.69. The van der Waals surface area contributed by atoms with Crippen LogP contribution in [0.1, 0.15) is 25.2 Å². The van der Waals surface area contributed by atoms with Crippen molar-refractivity contribution in [2.24, 2.45) is 5.73 Å². The van der Waals surface area contributed by atoms with Gasteiger partial charge in [0.2, 0.25) is 0 Å². The number of fused-ring (bicyclic) bond motifs is 1. The van der Waals surface area contributed by atoms with Crippen LogP contribution in [0.4, 0.5) is 0 Å². The van der Waals surface area contributed by atoms with Crippen molar-refractivity contribution >= 4 is 11.0 Å². The highest BCUT2D eigenvalue weighted by molar-refractivity contribution is 5.82. The van der Waals surface area contributed by atoms with Gasteiger partial charge in [-0.25, -0.2) is 0 Å². The lowest BCUT2D eigenvalue weighted by atomic mass is 9.94. The molecule has 0 bridgehead atoms. The molecule has 0 saturated carbocycles. The van der Waals surface area contributed by atoms with Crippen LogP contribution < -0.4 is 5.73 Å². The van der Waals surface area contributed by atoms with Crippen LogP contribution in [0.2, 0.25) is 0 Å². The van der Waals surface area contributed by atoms with Crippen LogP contribution in [0, 0.1) is 6.92 Å². The average Bonchev–Trinajstić information content (AvgIpc) is 2.41. The van der Waals surface area contributed by atoms with Crippen LogP contribution in [0.3, 0.4) is 0 Å². The smallest absolute Gasteiger partial charge is 0.134 e. The van der Waals surface area contributed by atoms with Gasteiger partial charge in [0, 0.05) is 16.5 Å². The van der Waals surface area contributed by atoms with Gasteiger partial charge in [0.25, 0.3) is 0 Å². The van der Waals surface area contributed by atoms with Crippen molar-refractivity contribution in [3.8, 4) is 0 Å². The Morgan fingerprint density at radius 1 is 1.27 bits per heavy atom. The maximum Gasteiger partial charge on any atom is 0.134 e. The van der Waals surface area contributed by atoms with Gasteiger partial charge in [0.05, 0.1) is 0 Å². The first-order chi connectivity index (χ1) is 6.97. The molecule has 1 heterocycles. The summed E-state index contributed by atoms with van der Waals surface area (Å²) in [4.78, 5) is 0. The molecule has 1 aromatic carbocycles. The molecule has 0 fully saturated rings. The number of benzene rings is 1. The Labute approximate surface area is 90.1 Å². The fourth-order valence-electron chi connectivity index (χ4n) is 1.90. The van der Waals surface area contributed by atoms with Gasteiger partial charge >= 0.3 is 0 Å². The average molecular weight is 203 g/mol. The third kappa shape index (κ3) is 2.05. The lowest BCUT2D eigenvalue weighted by molar-refractivity contribution is 0.503. The summed E-state index contributed by atoms with van der Waals surface area (Å²) in [6.45, 7) is 6.07. The van der Waals surface area contributed by atoms with E-state index < -0.39 is 0 Å². The minimum Gasteiger partial charge on any atom is -0.461 e. The molecule has 2 nitrogen and oxygen atoms in total. The normalized spacial score (nSPS) is 12.3. The van der Waals surface area contributed by atoms with Crippen LogP contribution in [0.5, 0.6) is 0 Å². The molecule has 2 N–H and O–H groups in total. The molecular weight excluding hydrogens is 186 g/mol. The van der Waals surface area contributed by atoms with E-state index >= 15 is 0 Å². The first-order valence-corrected chi connectivity index (χ1v) is 5.23. The number of hydrogen-bond acceptors (Lipinski definition) is 2. The van der Waals surface area contributed by atoms with Crippen molar-refractivity contribution in [1.82, 2.24) is 0 Å². The lowest BCUT2D eigenvalue weighted by Crippen LogP contribution is -2.34. The minimum absolute atomic E-state index is 0.197. The van der Waals surface area contributed by atoms with Crippen LogP contribution in [-0.4, -0.2) is 5.54 Å². The maximum atomic E-state index is 6.04. The number of furan rings is 1. The summed E-state index contributed by atoms with van der Waals surface area (Å²) in [7, 11) is 0. The third-order valence-corrected chi connectivity index (χ3v) is 2.53. The Balaban J connectivity index is 2.54. The molecular formula is C13H17NO. The monoisotopic (exact) mass is 203 g/mol.